The van der Waals surface area contributed by atoms with Gasteiger partial charge in [0, 0.05) is 19.1 Å². The predicted molar refractivity (Wildman–Crippen MR) is 83.6 cm³/mol. The third kappa shape index (κ3) is 2.41. The van der Waals surface area contributed by atoms with E-state index in [1.807, 2.05) is 0 Å². The van der Waals surface area contributed by atoms with E-state index < -0.39 is 0 Å². The quantitative estimate of drug-likeness (QED) is 0.781. The number of likely N-dealkylation sites (tertiary alicyclic amines) is 1. The second-order valence-electron chi connectivity index (χ2n) is 7.51. The fraction of sp³-hybridized carbons (Fsp3) is 0.684. The largest absolute Gasteiger partial charge is 0.300 e. The van der Waals surface area contributed by atoms with Gasteiger partial charge in [0.25, 0.3) is 0 Å². The van der Waals surface area contributed by atoms with Gasteiger partial charge in [0.15, 0.2) is 0 Å². The van der Waals surface area contributed by atoms with E-state index in [1.54, 1.807) is 0 Å². The van der Waals surface area contributed by atoms with E-state index in [1.165, 1.54) is 50.8 Å². The third-order valence-corrected chi connectivity index (χ3v) is 6.30. The maximum Gasteiger partial charge on any atom is 0.0101 e. The Labute approximate surface area is 123 Å². The zero-order valence-corrected chi connectivity index (χ0v) is 12.7. The summed E-state index contributed by atoms with van der Waals surface area (Å²) in [6, 6.07) is 11.9. The van der Waals surface area contributed by atoms with Gasteiger partial charge in [-0.2, -0.15) is 0 Å². The summed E-state index contributed by atoms with van der Waals surface area (Å²) in [4.78, 5) is 2.81. The van der Waals surface area contributed by atoms with Crippen LogP contribution < -0.4 is 0 Å². The van der Waals surface area contributed by atoms with Gasteiger partial charge in [-0.1, -0.05) is 43.7 Å². The molecule has 20 heavy (non-hydrogen) atoms. The Hall–Kier alpha value is -0.820. The highest BCUT2D eigenvalue weighted by Crippen LogP contribution is 2.53. The maximum absolute atomic E-state index is 2.81. The molecule has 108 valence electrons. The molecule has 1 heteroatoms. The summed E-state index contributed by atoms with van der Waals surface area (Å²) in [6.45, 7) is 5.29. The molecule has 0 bridgehead atoms. The Kier molecular flexibility index (Phi) is 3.34. The fourth-order valence-electron chi connectivity index (χ4n) is 4.63. The minimum Gasteiger partial charge on any atom is -0.300 e. The van der Waals surface area contributed by atoms with E-state index in [0.717, 1.165) is 29.7 Å². The van der Waals surface area contributed by atoms with E-state index in [-0.39, 0.29) is 0 Å². The Morgan fingerprint density at radius 1 is 1.05 bits per heavy atom. The molecule has 0 spiro atoms. The molecule has 2 unspecified atom stereocenters. The van der Waals surface area contributed by atoms with Gasteiger partial charge in [-0.05, 0) is 54.9 Å². The molecule has 3 aliphatic rings. The van der Waals surface area contributed by atoms with Gasteiger partial charge in [-0.25, -0.2) is 0 Å². The van der Waals surface area contributed by atoms with Crippen LogP contribution in [0.3, 0.4) is 0 Å². The third-order valence-electron chi connectivity index (χ3n) is 6.30. The molecular formula is C19H27N. The van der Waals surface area contributed by atoms with Crippen LogP contribution in [0.4, 0.5) is 0 Å². The number of benzene rings is 1. The number of nitrogens with zero attached hydrogens (tertiary/aromatic N) is 1. The van der Waals surface area contributed by atoms with Crippen molar-refractivity contribution in [3.63, 3.8) is 0 Å². The number of hydrogen-bond acceptors (Lipinski definition) is 1. The van der Waals surface area contributed by atoms with Crippen LogP contribution in [-0.4, -0.2) is 24.0 Å². The van der Waals surface area contributed by atoms with Gasteiger partial charge in [-0.15, -0.1) is 0 Å². The van der Waals surface area contributed by atoms with Crippen molar-refractivity contribution in [2.45, 2.75) is 45.1 Å². The van der Waals surface area contributed by atoms with Crippen molar-refractivity contribution < 1.29 is 0 Å². The van der Waals surface area contributed by atoms with E-state index in [2.05, 4.69) is 42.2 Å². The van der Waals surface area contributed by atoms with E-state index in [4.69, 9.17) is 0 Å². The Morgan fingerprint density at radius 3 is 2.45 bits per heavy atom. The van der Waals surface area contributed by atoms with Gasteiger partial charge >= 0.3 is 0 Å². The van der Waals surface area contributed by atoms with E-state index in [0.29, 0.717) is 0 Å². The molecule has 1 nitrogen and oxygen atoms in total. The first kappa shape index (κ1) is 12.9. The molecule has 0 radical (unpaired) electrons. The van der Waals surface area contributed by atoms with Crippen molar-refractivity contribution in [2.24, 2.45) is 23.7 Å². The smallest absolute Gasteiger partial charge is 0.0101 e. The predicted octanol–water partition coefficient (Wildman–Crippen LogP) is 3.99. The summed E-state index contributed by atoms with van der Waals surface area (Å²) in [6.07, 6.45) is 7.07. The van der Waals surface area contributed by atoms with Crippen molar-refractivity contribution in [3.05, 3.63) is 35.9 Å². The second-order valence-corrected chi connectivity index (χ2v) is 7.51. The molecule has 1 saturated heterocycles. The van der Waals surface area contributed by atoms with Gasteiger partial charge in [-0.3, -0.25) is 4.90 Å². The molecule has 2 saturated carbocycles. The minimum absolute atomic E-state index is 0.955. The highest BCUT2D eigenvalue weighted by molar-refractivity contribution is 5.14. The van der Waals surface area contributed by atoms with Crippen molar-refractivity contribution in [3.8, 4) is 0 Å². The molecular weight excluding hydrogens is 242 g/mol. The second kappa shape index (κ2) is 5.18. The minimum atomic E-state index is 0.955. The van der Waals surface area contributed by atoms with Crippen LogP contribution >= 0.6 is 0 Å². The standard InChI is InChI=1S/C19H27N/c1-14-18-12-20(13-19(14)18)17-10-16(11-17)9-5-8-15-6-3-2-4-7-15/h2-4,6-7,14,16-19H,5,8-13H2,1H3. The first-order valence-electron chi connectivity index (χ1n) is 8.59. The molecule has 2 aliphatic carbocycles. The average Bonchev–Trinajstić information content (AvgIpc) is 2.87. The summed E-state index contributed by atoms with van der Waals surface area (Å²) in [5.41, 5.74) is 1.51. The Bertz CT molecular complexity index is 436. The summed E-state index contributed by atoms with van der Waals surface area (Å²) in [5.74, 6) is 4.23. The summed E-state index contributed by atoms with van der Waals surface area (Å²) < 4.78 is 0. The molecule has 0 aromatic heterocycles. The van der Waals surface area contributed by atoms with Crippen molar-refractivity contribution >= 4 is 0 Å². The van der Waals surface area contributed by atoms with E-state index >= 15 is 0 Å². The van der Waals surface area contributed by atoms with Crippen LogP contribution in [0.15, 0.2) is 30.3 Å². The number of rotatable bonds is 5. The lowest BCUT2D eigenvalue weighted by molar-refractivity contribution is 0.0800. The highest BCUT2D eigenvalue weighted by Gasteiger charge is 2.54. The molecule has 2 atom stereocenters. The molecule has 0 N–H and O–H groups in total. The highest BCUT2D eigenvalue weighted by atomic mass is 15.2. The van der Waals surface area contributed by atoms with Crippen LogP contribution in [0.5, 0.6) is 0 Å². The van der Waals surface area contributed by atoms with Crippen molar-refractivity contribution in [1.29, 1.82) is 0 Å². The van der Waals surface area contributed by atoms with Crippen LogP contribution in [0, 0.1) is 23.7 Å². The molecule has 4 rings (SSSR count). The first-order chi connectivity index (χ1) is 9.81. The lowest BCUT2D eigenvalue weighted by Gasteiger charge is -2.42. The molecule has 3 fully saturated rings. The topological polar surface area (TPSA) is 3.24 Å². The summed E-state index contributed by atoms with van der Waals surface area (Å²) in [5, 5.41) is 0. The zero-order valence-electron chi connectivity index (χ0n) is 12.7. The Morgan fingerprint density at radius 2 is 1.75 bits per heavy atom. The number of hydrogen-bond donors (Lipinski definition) is 0. The van der Waals surface area contributed by atoms with Crippen molar-refractivity contribution in [2.75, 3.05) is 13.1 Å². The SMILES string of the molecule is CC1C2CN(C3CC(CCCc4ccccc4)C3)CC12. The lowest BCUT2D eigenvalue weighted by atomic mass is 9.76. The first-order valence-corrected chi connectivity index (χ1v) is 8.59. The summed E-state index contributed by atoms with van der Waals surface area (Å²) >= 11 is 0. The zero-order chi connectivity index (χ0) is 13.5. The van der Waals surface area contributed by atoms with Crippen LogP contribution in [0.1, 0.15) is 38.2 Å². The molecule has 1 heterocycles. The van der Waals surface area contributed by atoms with Crippen molar-refractivity contribution in [1.82, 2.24) is 4.90 Å². The molecule has 1 aromatic rings. The number of piperidine rings is 1. The monoisotopic (exact) mass is 269 g/mol. The van der Waals surface area contributed by atoms with Crippen LogP contribution in [0.2, 0.25) is 0 Å². The Balaban J connectivity index is 1.14. The van der Waals surface area contributed by atoms with Crippen LogP contribution in [-0.2, 0) is 6.42 Å². The van der Waals surface area contributed by atoms with Gasteiger partial charge < -0.3 is 0 Å². The molecule has 1 aromatic carbocycles. The maximum atomic E-state index is 2.81. The summed E-state index contributed by atoms with van der Waals surface area (Å²) in [7, 11) is 0. The number of fused-ring (bicyclic) bond motifs is 1. The number of aryl methyl sites for hydroxylation is 1. The molecule has 1 aliphatic heterocycles. The van der Waals surface area contributed by atoms with E-state index in [9.17, 15) is 0 Å². The normalized spacial score (nSPS) is 39.4. The fourth-order valence-corrected chi connectivity index (χ4v) is 4.63. The van der Waals surface area contributed by atoms with Gasteiger partial charge in [0.05, 0.1) is 0 Å². The lowest BCUT2D eigenvalue weighted by Crippen LogP contribution is -2.44. The van der Waals surface area contributed by atoms with Gasteiger partial charge in [0.2, 0.25) is 0 Å². The average molecular weight is 269 g/mol. The molecule has 0 amide bonds. The van der Waals surface area contributed by atoms with Crippen LogP contribution in [0.25, 0.3) is 0 Å². The van der Waals surface area contributed by atoms with Gasteiger partial charge in [0.1, 0.15) is 0 Å².